The normalized spacial score (nSPS) is 24.0. The fourth-order valence-corrected chi connectivity index (χ4v) is 3.47. The van der Waals surface area contributed by atoms with E-state index in [1.807, 2.05) is 0 Å². The highest BCUT2D eigenvalue weighted by atomic mass is 32.1. The molecular formula is C11H16N2S. The Labute approximate surface area is 89.1 Å². The fraction of sp³-hybridized carbons (Fsp3) is 0.727. The van der Waals surface area contributed by atoms with E-state index in [0.717, 1.165) is 4.77 Å². The third kappa shape index (κ3) is 1.26. The molecule has 2 aliphatic rings. The van der Waals surface area contributed by atoms with Crippen LogP contribution in [0.15, 0.2) is 0 Å². The van der Waals surface area contributed by atoms with Crippen molar-refractivity contribution in [2.45, 2.75) is 44.9 Å². The molecule has 1 fully saturated rings. The van der Waals surface area contributed by atoms with Crippen LogP contribution in [0, 0.1) is 10.2 Å². The molecule has 0 unspecified atom stereocenters. The molecule has 0 atom stereocenters. The van der Waals surface area contributed by atoms with Gasteiger partial charge in [0, 0.05) is 11.4 Å². The van der Waals surface area contributed by atoms with Crippen LogP contribution in [0.1, 0.15) is 43.5 Å². The summed E-state index contributed by atoms with van der Waals surface area (Å²) in [6.07, 6.45) is 9.51. The Morgan fingerprint density at radius 3 is 2.50 bits per heavy atom. The number of fused-ring (bicyclic) bond motifs is 1. The van der Waals surface area contributed by atoms with Crippen LogP contribution >= 0.6 is 12.2 Å². The third-order valence-corrected chi connectivity index (χ3v) is 4.22. The number of hydrogen-bond acceptors (Lipinski definition) is 1. The van der Waals surface area contributed by atoms with Crippen LogP contribution in [0.3, 0.4) is 0 Å². The van der Waals surface area contributed by atoms with Gasteiger partial charge in [0.25, 0.3) is 0 Å². The fourth-order valence-electron chi connectivity index (χ4n) is 3.23. The quantitative estimate of drug-likeness (QED) is 0.631. The molecule has 0 aliphatic heterocycles. The van der Waals surface area contributed by atoms with Crippen molar-refractivity contribution in [1.29, 1.82) is 0 Å². The molecule has 0 radical (unpaired) electrons. The van der Waals surface area contributed by atoms with Crippen molar-refractivity contribution < 1.29 is 0 Å². The summed E-state index contributed by atoms with van der Waals surface area (Å²) in [4.78, 5) is 6.57. The lowest BCUT2D eigenvalue weighted by Gasteiger charge is -2.32. The second-order valence-electron chi connectivity index (χ2n) is 4.92. The first-order valence-corrected chi connectivity index (χ1v) is 5.98. The number of aromatic nitrogens is 2. The summed E-state index contributed by atoms with van der Waals surface area (Å²) < 4.78 is 0.810. The average Bonchev–Trinajstić information content (AvgIpc) is 2.72. The molecule has 1 spiro atoms. The van der Waals surface area contributed by atoms with E-state index in [1.165, 1.54) is 56.3 Å². The molecule has 14 heavy (non-hydrogen) atoms. The van der Waals surface area contributed by atoms with Crippen LogP contribution in [0.5, 0.6) is 0 Å². The van der Waals surface area contributed by atoms with Gasteiger partial charge in [0.05, 0.1) is 0 Å². The van der Waals surface area contributed by atoms with Crippen molar-refractivity contribution in [2.75, 3.05) is 0 Å². The number of aryl methyl sites for hydroxylation is 1. The first-order chi connectivity index (χ1) is 6.77. The van der Waals surface area contributed by atoms with Gasteiger partial charge in [-0.25, -0.2) is 0 Å². The molecule has 3 rings (SSSR count). The van der Waals surface area contributed by atoms with Crippen LogP contribution < -0.4 is 0 Å². The van der Waals surface area contributed by atoms with Gasteiger partial charge in [0.2, 0.25) is 0 Å². The largest absolute Gasteiger partial charge is 0.334 e. The SMILES string of the molecule is S=c1[nH]c2c([nH]1)CC1(CCCC1)CC2. The second kappa shape index (κ2) is 2.96. The van der Waals surface area contributed by atoms with E-state index in [-0.39, 0.29) is 0 Å². The first-order valence-electron chi connectivity index (χ1n) is 5.58. The number of aromatic amines is 2. The van der Waals surface area contributed by atoms with E-state index < -0.39 is 0 Å². The second-order valence-corrected chi connectivity index (χ2v) is 5.33. The zero-order valence-corrected chi connectivity index (χ0v) is 9.17. The van der Waals surface area contributed by atoms with Crippen LogP contribution in [-0.2, 0) is 12.8 Å². The Morgan fingerprint density at radius 2 is 1.71 bits per heavy atom. The Hall–Kier alpha value is -0.570. The van der Waals surface area contributed by atoms with Crippen molar-refractivity contribution >= 4 is 12.2 Å². The number of rotatable bonds is 0. The minimum atomic E-state index is 0.632. The van der Waals surface area contributed by atoms with Gasteiger partial charge < -0.3 is 9.97 Å². The van der Waals surface area contributed by atoms with Crippen LogP contribution in [0.25, 0.3) is 0 Å². The maximum atomic E-state index is 5.13. The molecule has 0 saturated heterocycles. The van der Waals surface area contributed by atoms with Gasteiger partial charge in [-0.1, -0.05) is 12.8 Å². The minimum absolute atomic E-state index is 0.632. The molecular weight excluding hydrogens is 192 g/mol. The lowest BCUT2D eigenvalue weighted by molar-refractivity contribution is 0.251. The van der Waals surface area contributed by atoms with Gasteiger partial charge in [0.15, 0.2) is 4.77 Å². The molecule has 0 bridgehead atoms. The van der Waals surface area contributed by atoms with Crippen molar-refractivity contribution in [3.8, 4) is 0 Å². The van der Waals surface area contributed by atoms with E-state index in [0.29, 0.717) is 5.41 Å². The number of nitrogens with one attached hydrogen (secondary N) is 2. The molecule has 1 aromatic heterocycles. The standard InChI is InChI=1S/C11H16N2S/c14-10-12-8-3-6-11(4-1-2-5-11)7-9(8)13-10/h1-7H2,(H2,12,13,14). The molecule has 0 amide bonds. The monoisotopic (exact) mass is 208 g/mol. The smallest absolute Gasteiger partial charge is 0.174 e. The Kier molecular flexibility index (Phi) is 1.84. The summed E-state index contributed by atoms with van der Waals surface area (Å²) in [7, 11) is 0. The van der Waals surface area contributed by atoms with Gasteiger partial charge in [-0.15, -0.1) is 0 Å². The molecule has 1 heterocycles. The summed E-state index contributed by atoms with van der Waals surface area (Å²) in [5.74, 6) is 0. The lowest BCUT2D eigenvalue weighted by atomic mass is 9.73. The minimum Gasteiger partial charge on any atom is -0.334 e. The van der Waals surface area contributed by atoms with Crippen LogP contribution in [0.2, 0.25) is 0 Å². The molecule has 2 aliphatic carbocycles. The summed E-state index contributed by atoms with van der Waals surface area (Å²) in [6, 6.07) is 0. The Balaban J connectivity index is 1.95. The summed E-state index contributed by atoms with van der Waals surface area (Å²) in [5.41, 5.74) is 3.39. The van der Waals surface area contributed by atoms with E-state index in [2.05, 4.69) is 9.97 Å². The molecule has 3 heteroatoms. The molecule has 1 aromatic rings. The van der Waals surface area contributed by atoms with Gasteiger partial charge in [0.1, 0.15) is 0 Å². The highest BCUT2D eigenvalue weighted by Crippen LogP contribution is 2.46. The lowest BCUT2D eigenvalue weighted by Crippen LogP contribution is -2.25. The Morgan fingerprint density at radius 1 is 1.00 bits per heavy atom. The van der Waals surface area contributed by atoms with Crippen molar-refractivity contribution in [2.24, 2.45) is 5.41 Å². The third-order valence-electron chi connectivity index (χ3n) is 4.01. The van der Waals surface area contributed by atoms with Gasteiger partial charge in [-0.05, 0) is 49.7 Å². The first kappa shape index (κ1) is 8.72. The predicted molar refractivity (Wildman–Crippen MR) is 58.9 cm³/mol. The maximum Gasteiger partial charge on any atom is 0.174 e. The summed E-state index contributed by atoms with van der Waals surface area (Å²) in [6.45, 7) is 0. The van der Waals surface area contributed by atoms with Crippen LogP contribution in [-0.4, -0.2) is 9.97 Å². The van der Waals surface area contributed by atoms with Crippen molar-refractivity contribution in [3.63, 3.8) is 0 Å². The van der Waals surface area contributed by atoms with Gasteiger partial charge in [-0.3, -0.25) is 0 Å². The Bertz CT molecular complexity index is 396. The number of hydrogen-bond donors (Lipinski definition) is 2. The highest BCUT2D eigenvalue weighted by molar-refractivity contribution is 7.71. The number of H-pyrrole nitrogens is 2. The topological polar surface area (TPSA) is 31.6 Å². The van der Waals surface area contributed by atoms with Crippen LogP contribution in [0.4, 0.5) is 0 Å². The van der Waals surface area contributed by atoms with E-state index in [9.17, 15) is 0 Å². The van der Waals surface area contributed by atoms with E-state index >= 15 is 0 Å². The highest BCUT2D eigenvalue weighted by Gasteiger charge is 2.37. The molecule has 2 nitrogen and oxygen atoms in total. The van der Waals surface area contributed by atoms with E-state index in [1.54, 1.807) is 0 Å². The molecule has 2 N–H and O–H groups in total. The molecule has 0 aromatic carbocycles. The average molecular weight is 208 g/mol. The molecule has 76 valence electrons. The zero-order chi connectivity index (χ0) is 9.60. The van der Waals surface area contributed by atoms with Crippen molar-refractivity contribution in [1.82, 2.24) is 9.97 Å². The zero-order valence-electron chi connectivity index (χ0n) is 8.36. The van der Waals surface area contributed by atoms with E-state index in [4.69, 9.17) is 12.2 Å². The van der Waals surface area contributed by atoms with Gasteiger partial charge >= 0.3 is 0 Å². The van der Waals surface area contributed by atoms with Gasteiger partial charge in [-0.2, -0.15) is 0 Å². The predicted octanol–water partition coefficient (Wildman–Crippen LogP) is 3.12. The summed E-state index contributed by atoms with van der Waals surface area (Å²) >= 11 is 5.13. The number of imidazole rings is 1. The molecule has 1 saturated carbocycles. The summed E-state index contributed by atoms with van der Waals surface area (Å²) in [5, 5.41) is 0. The van der Waals surface area contributed by atoms with Crippen molar-refractivity contribution in [3.05, 3.63) is 16.2 Å². The maximum absolute atomic E-state index is 5.13.